The van der Waals surface area contributed by atoms with Crippen molar-refractivity contribution in [2.45, 2.75) is 51.6 Å². The van der Waals surface area contributed by atoms with Crippen LogP contribution in [0.25, 0.3) is 0 Å². The predicted octanol–water partition coefficient (Wildman–Crippen LogP) is 5.22. The summed E-state index contributed by atoms with van der Waals surface area (Å²) in [4.78, 5) is 4.07. The van der Waals surface area contributed by atoms with Crippen LogP contribution in [0.15, 0.2) is 12.1 Å². The molecule has 0 spiro atoms. The second-order valence-electron chi connectivity index (χ2n) is 4.73. The molecule has 18 heavy (non-hydrogen) atoms. The van der Waals surface area contributed by atoms with E-state index < -0.39 is 11.7 Å². The largest absolute Gasteiger partial charge is 0.416 e. The van der Waals surface area contributed by atoms with Gasteiger partial charge in [-0.05, 0) is 25.0 Å². The average Bonchev–Trinajstić information content (AvgIpc) is 2.27. The van der Waals surface area contributed by atoms with Gasteiger partial charge in [0.1, 0.15) is 5.15 Å². The van der Waals surface area contributed by atoms with Gasteiger partial charge in [-0.15, -0.1) is 0 Å². The Morgan fingerprint density at radius 2 is 1.83 bits per heavy atom. The summed E-state index contributed by atoms with van der Waals surface area (Å²) in [5.74, 6) is 0. The van der Waals surface area contributed by atoms with Gasteiger partial charge in [-0.1, -0.05) is 38.8 Å². The minimum Gasteiger partial charge on any atom is -0.241 e. The highest BCUT2D eigenvalue weighted by molar-refractivity contribution is 6.29. The standard InChI is InChI=1S/C13H17ClF3N/c1-4-6-12(3,5-2)10-7-9(13(15,16)17)8-11(14)18-10/h7-8H,4-6H2,1-3H3. The fourth-order valence-electron chi connectivity index (χ4n) is 2.01. The first-order valence-corrected chi connectivity index (χ1v) is 6.36. The number of alkyl halides is 3. The Morgan fingerprint density at radius 3 is 2.28 bits per heavy atom. The van der Waals surface area contributed by atoms with Crippen LogP contribution < -0.4 is 0 Å². The molecule has 1 aromatic rings. The summed E-state index contributed by atoms with van der Waals surface area (Å²) in [6, 6.07) is 1.98. The van der Waals surface area contributed by atoms with E-state index in [1.807, 2.05) is 20.8 Å². The van der Waals surface area contributed by atoms with E-state index in [2.05, 4.69) is 4.98 Å². The van der Waals surface area contributed by atoms with E-state index in [-0.39, 0.29) is 10.6 Å². The molecule has 0 amide bonds. The highest BCUT2D eigenvalue weighted by Crippen LogP contribution is 2.36. The van der Waals surface area contributed by atoms with Crippen molar-refractivity contribution in [3.8, 4) is 0 Å². The van der Waals surface area contributed by atoms with Gasteiger partial charge >= 0.3 is 6.18 Å². The summed E-state index contributed by atoms with van der Waals surface area (Å²) < 4.78 is 38.2. The van der Waals surface area contributed by atoms with E-state index in [0.29, 0.717) is 5.69 Å². The summed E-state index contributed by atoms with van der Waals surface area (Å²) in [5.41, 5.74) is -0.667. The highest BCUT2D eigenvalue weighted by Gasteiger charge is 2.34. The molecule has 1 rings (SSSR count). The fourth-order valence-corrected chi connectivity index (χ4v) is 2.22. The van der Waals surface area contributed by atoms with Crippen molar-refractivity contribution in [2.24, 2.45) is 0 Å². The molecule has 102 valence electrons. The first kappa shape index (κ1) is 15.3. The van der Waals surface area contributed by atoms with Crippen molar-refractivity contribution in [3.63, 3.8) is 0 Å². The second kappa shape index (κ2) is 5.47. The van der Waals surface area contributed by atoms with Crippen LogP contribution in [0.2, 0.25) is 5.15 Å². The molecule has 0 saturated carbocycles. The Morgan fingerprint density at radius 1 is 1.22 bits per heavy atom. The molecule has 1 nitrogen and oxygen atoms in total. The van der Waals surface area contributed by atoms with E-state index in [9.17, 15) is 13.2 Å². The molecule has 0 aliphatic carbocycles. The molecule has 0 saturated heterocycles. The van der Waals surface area contributed by atoms with E-state index in [0.717, 1.165) is 31.4 Å². The topological polar surface area (TPSA) is 12.9 Å². The summed E-state index contributed by atoms with van der Waals surface area (Å²) in [7, 11) is 0. The van der Waals surface area contributed by atoms with Gasteiger partial charge in [-0.2, -0.15) is 13.2 Å². The van der Waals surface area contributed by atoms with Gasteiger partial charge in [0.15, 0.2) is 0 Å². The molecule has 1 heterocycles. The molecule has 0 bridgehead atoms. The number of rotatable bonds is 4. The van der Waals surface area contributed by atoms with E-state index in [4.69, 9.17) is 11.6 Å². The molecule has 5 heteroatoms. The lowest BCUT2D eigenvalue weighted by molar-refractivity contribution is -0.137. The molecule has 0 radical (unpaired) electrons. The molecule has 0 aromatic carbocycles. The Bertz CT molecular complexity index is 417. The van der Waals surface area contributed by atoms with Gasteiger partial charge in [-0.3, -0.25) is 0 Å². The zero-order valence-electron chi connectivity index (χ0n) is 10.7. The first-order chi connectivity index (χ1) is 8.23. The van der Waals surface area contributed by atoms with Crippen LogP contribution >= 0.6 is 11.6 Å². The lowest BCUT2D eigenvalue weighted by Crippen LogP contribution is -2.23. The van der Waals surface area contributed by atoms with E-state index in [1.54, 1.807) is 0 Å². The van der Waals surface area contributed by atoms with Crippen LogP contribution in [0.4, 0.5) is 13.2 Å². The fraction of sp³-hybridized carbons (Fsp3) is 0.615. The monoisotopic (exact) mass is 279 g/mol. The third kappa shape index (κ3) is 3.37. The SMILES string of the molecule is CCCC(C)(CC)c1cc(C(F)(F)F)cc(Cl)n1. The molecular formula is C13H17ClF3N. The van der Waals surface area contributed by atoms with Gasteiger partial charge in [0.2, 0.25) is 0 Å². The van der Waals surface area contributed by atoms with Crippen molar-refractivity contribution in [1.82, 2.24) is 4.98 Å². The maximum absolute atomic E-state index is 12.7. The van der Waals surface area contributed by atoms with Crippen molar-refractivity contribution < 1.29 is 13.2 Å². The molecule has 1 unspecified atom stereocenters. The van der Waals surface area contributed by atoms with Crippen LogP contribution in [0.3, 0.4) is 0 Å². The van der Waals surface area contributed by atoms with Gasteiger partial charge in [-0.25, -0.2) is 4.98 Å². The second-order valence-corrected chi connectivity index (χ2v) is 5.11. The van der Waals surface area contributed by atoms with Gasteiger partial charge in [0, 0.05) is 11.1 Å². The lowest BCUT2D eigenvalue weighted by Gasteiger charge is -2.28. The smallest absolute Gasteiger partial charge is 0.241 e. The normalized spacial score (nSPS) is 15.5. The Hall–Kier alpha value is -0.770. The number of hydrogen-bond donors (Lipinski definition) is 0. The van der Waals surface area contributed by atoms with Crippen molar-refractivity contribution in [2.75, 3.05) is 0 Å². The van der Waals surface area contributed by atoms with Crippen LogP contribution in [-0.2, 0) is 11.6 Å². The molecule has 1 aromatic heterocycles. The van der Waals surface area contributed by atoms with E-state index >= 15 is 0 Å². The van der Waals surface area contributed by atoms with Crippen molar-refractivity contribution >= 4 is 11.6 Å². The summed E-state index contributed by atoms with van der Waals surface area (Å²) >= 11 is 5.71. The molecule has 0 N–H and O–H groups in total. The number of halogens is 4. The summed E-state index contributed by atoms with van der Waals surface area (Å²) in [6.07, 6.45) is -1.98. The Labute approximate surface area is 110 Å². The molecule has 0 aliphatic heterocycles. The summed E-state index contributed by atoms with van der Waals surface area (Å²) in [5, 5.41) is -0.101. The molecule has 0 aliphatic rings. The first-order valence-electron chi connectivity index (χ1n) is 5.98. The van der Waals surface area contributed by atoms with Crippen LogP contribution in [0, 0.1) is 0 Å². The maximum atomic E-state index is 12.7. The average molecular weight is 280 g/mol. The Kier molecular flexibility index (Phi) is 4.65. The quantitative estimate of drug-likeness (QED) is 0.689. The predicted molar refractivity (Wildman–Crippen MR) is 66.8 cm³/mol. The van der Waals surface area contributed by atoms with Crippen LogP contribution in [0.1, 0.15) is 51.3 Å². The van der Waals surface area contributed by atoms with Crippen molar-refractivity contribution in [1.29, 1.82) is 0 Å². The summed E-state index contributed by atoms with van der Waals surface area (Å²) in [6.45, 7) is 5.88. The van der Waals surface area contributed by atoms with Crippen LogP contribution in [0.5, 0.6) is 0 Å². The van der Waals surface area contributed by atoms with Gasteiger partial charge in [0.25, 0.3) is 0 Å². The molecule has 0 fully saturated rings. The van der Waals surface area contributed by atoms with E-state index in [1.165, 1.54) is 0 Å². The van der Waals surface area contributed by atoms with Gasteiger partial charge in [0.05, 0.1) is 5.56 Å². The number of aromatic nitrogens is 1. The zero-order chi connectivity index (χ0) is 14.0. The number of nitrogens with zero attached hydrogens (tertiary/aromatic N) is 1. The highest BCUT2D eigenvalue weighted by atomic mass is 35.5. The number of pyridine rings is 1. The Balaban J connectivity index is 3.28. The third-order valence-electron chi connectivity index (χ3n) is 3.32. The molecular weight excluding hydrogens is 263 g/mol. The lowest BCUT2D eigenvalue weighted by atomic mass is 9.79. The molecule has 1 atom stereocenters. The minimum absolute atomic E-state index is 0.101. The zero-order valence-corrected chi connectivity index (χ0v) is 11.5. The third-order valence-corrected chi connectivity index (χ3v) is 3.52. The maximum Gasteiger partial charge on any atom is 0.416 e. The van der Waals surface area contributed by atoms with Crippen molar-refractivity contribution in [3.05, 3.63) is 28.5 Å². The van der Waals surface area contributed by atoms with Crippen LogP contribution in [-0.4, -0.2) is 4.98 Å². The minimum atomic E-state index is -4.39. The number of hydrogen-bond acceptors (Lipinski definition) is 1. The van der Waals surface area contributed by atoms with Gasteiger partial charge < -0.3 is 0 Å².